The number of fused-ring (bicyclic) bond motifs is 9. The highest BCUT2D eigenvalue weighted by atomic mass is 32.1. The normalized spacial score (nSPS) is 11.8. The fourth-order valence-electron chi connectivity index (χ4n) is 9.27. The summed E-state index contributed by atoms with van der Waals surface area (Å²) in [4.78, 5) is 15.6. The highest BCUT2D eigenvalue weighted by molar-refractivity contribution is 7.26. The van der Waals surface area contributed by atoms with Crippen LogP contribution in [0.15, 0.2) is 211 Å². The Bertz CT molecular complexity index is 3910. The lowest BCUT2D eigenvalue weighted by Crippen LogP contribution is -2.00. The minimum atomic E-state index is 0.589. The molecular weight excluding hydrogens is 789 g/mol. The van der Waals surface area contributed by atoms with Crippen molar-refractivity contribution in [3.8, 4) is 62.1 Å². The zero-order valence-electron chi connectivity index (χ0n) is 33.7. The molecule has 0 bridgehead atoms. The van der Waals surface area contributed by atoms with Crippen LogP contribution in [0.25, 0.3) is 126 Å². The molecule has 0 aliphatic rings. The lowest BCUT2D eigenvalue weighted by Gasteiger charge is -2.10. The van der Waals surface area contributed by atoms with E-state index in [1.807, 2.05) is 24.3 Å². The third kappa shape index (κ3) is 5.87. The highest BCUT2D eigenvalue weighted by Gasteiger charge is 2.20. The van der Waals surface area contributed by atoms with Gasteiger partial charge >= 0.3 is 0 Å². The molecule has 0 saturated carbocycles. The Morgan fingerprint density at radius 3 is 1.70 bits per heavy atom. The van der Waals surface area contributed by atoms with Crippen LogP contribution in [0.3, 0.4) is 0 Å². The molecule has 9 aromatic carbocycles. The van der Waals surface area contributed by atoms with Crippen LogP contribution in [0.2, 0.25) is 0 Å². The van der Waals surface area contributed by atoms with Gasteiger partial charge in [0.15, 0.2) is 17.5 Å². The van der Waals surface area contributed by atoms with Gasteiger partial charge in [0.05, 0.1) is 11.0 Å². The van der Waals surface area contributed by atoms with Crippen molar-refractivity contribution in [2.24, 2.45) is 0 Å². The minimum absolute atomic E-state index is 0.589. The summed E-state index contributed by atoms with van der Waals surface area (Å²) in [5.74, 6) is 1.83. The van der Waals surface area contributed by atoms with Gasteiger partial charge in [0, 0.05) is 64.1 Å². The molecule has 4 aromatic heterocycles. The van der Waals surface area contributed by atoms with Crippen LogP contribution in [0.4, 0.5) is 0 Å². The van der Waals surface area contributed by atoms with E-state index < -0.39 is 0 Å². The molecule has 4 heterocycles. The van der Waals surface area contributed by atoms with Gasteiger partial charge in [-0.05, 0) is 95.1 Å². The molecule has 0 spiro atoms. The van der Waals surface area contributed by atoms with Gasteiger partial charge in [0.2, 0.25) is 0 Å². The van der Waals surface area contributed by atoms with E-state index in [4.69, 9.17) is 19.4 Å². The maximum Gasteiger partial charge on any atom is 0.164 e. The number of nitrogens with zero attached hydrogens (tertiary/aromatic N) is 4. The van der Waals surface area contributed by atoms with Gasteiger partial charge in [-0.25, -0.2) is 15.0 Å². The predicted molar refractivity (Wildman–Crippen MR) is 262 cm³/mol. The summed E-state index contributed by atoms with van der Waals surface area (Å²) >= 11 is 1.80. The molecule has 0 amide bonds. The first-order valence-corrected chi connectivity index (χ1v) is 21.9. The van der Waals surface area contributed by atoms with Crippen molar-refractivity contribution in [1.82, 2.24) is 19.5 Å². The van der Waals surface area contributed by atoms with Crippen LogP contribution >= 0.6 is 11.3 Å². The highest BCUT2D eigenvalue weighted by Crippen LogP contribution is 2.43. The van der Waals surface area contributed by atoms with Crippen LogP contribution in [-0.2, 0) is 0 Å². The first kappa shape index (κ1) is 35.6. The second-order valence-electron chi connectivity index (χ2n) is 16.0. The Kier molecular flexibility index (Phi) is 8.01. The van der Waals surface area contributed by atoms with E-state index in [1.54, 1.807) is 11.3 Å². The first-order chi connectivity index (χ1) is 31.2. The van der Waals surface area contributed by atoms with Gasteiger partial charge in [0.1, 0.15) is 11.2 Å². The molecule has 0 N–H and O–H groups in total. The molecule has 13 aromatic rings. The molecular formula is C57H34N4OS. The quantitative estimate of drug-likeness (QED) is 0.168. The van der Waals surface area contributed by atoms with Gasteiger partial charge in [0.25, 0.3) is 0 Å². The summed E-state index contributed by atoms with van der Waals surface area (Å²) in [6.45, 7) is 0. The summed E-state index contributed by atoms with van der Waals surface area (Å²) in [6.07, 6.45) is 0. The van der Waals surface area contributed by atoms with Crippen molar-refractivity contribution < 1.29 is 4.42 Å². The Morgan fingerprint density at radius 1 is 0.349 bits per heavy atom. The number of thiophene rings is 1. The van der Waals surface area contributed by atoms with Crippen molar-refractivity contribution >= 4 is 75.3 Å². The Hall–Kier alpha value is -8.19. The van der Waals surface area contributed by atoms with Crippen molar-refractivity contribution in [3.63, 3.8) is 0 Å². The Balaban J connectivity index is 0.956. The van der Waals surface area contributed by atoms with Crippen LogP contribution in [0.5, 0.6) is 0 Å². The molecule has 5 nitrogen and oxygen atoms in total. The molecule has 13 rings (SSSR count). The number of rotatable bonds is 6. The van der Waals surface area contributed by atoms with E-state index in [-0.39, 0.29) is 0 Å². The molecule has 0 fully saturated rings. The maximum atomic E-state index is 6.54. The van der Waals surface area contributed by atoms with Crippen LogP contribution < -0.4 is 0 Å². The first-order valence-electron chi connectivity index (χ1n) is 21.1. The lowest BCUT2D eigenvalue weighted by atomic mass is 9.99. The van der Waals surface area contributed by atoms with Crippen LogP contribution in [0.1, 0.15) is 0 Å². The topological polar surface area (TPSA) is 56.7 Å². The third-order valence-corrected chi connectivity index (χ3v) is 13.4. The summed E-state index contributed by atoms with van der Waals surface area (Å²) in [7, 11) is 0. The van der Waals surface area contributed by atoms with Crippen molar-refractivity contribution in [1.29, 1.82) is 0 Å². The van der Waals surface area contributed by atoms with Crippen molar-refractivity contribution in [2.75, 3.05) is 0 Å². The zero-order valence-corrected chi connectivity index (χ0v) is 34.6. The molecule has 6 heteroatoms. The number of para-hydroxylation sites is 2. The number of benzene rings is 9. The van der Waals surface area contributed by atoms with Crippen molar-refractivity contribution in [3.05, 3.63) is 206 Å². The second-order valence-corrected chi connectivity index (χ2v) is 17.1. The van der Waals surface area contributed by atoms with Gasteiger partial charge in [-0.3, -0.25) is 0 Å². The Labute approximate surface area is 365 Å². The molecule has 0 aliphatic carbocycles. The van der Waals surface area contributed by atoms with Gasteiger partial charge in [-0.2, -0.15) is 0 Å². The predicted octanol–water partition coefficient (Wildman–Crippen LogP) is 15.6. The second kappa shape index (κ2) is 14.2. The van der Waals surface area contributed by atoms with Gasteiger partial charge in [-0.1, -0.05) is 133 Å². The van der Waals surface area contributed by atoms with E-state index >= 15 is 0 Å². The maximum absolute atomic E-state index is 6.54. The summed E-state index contributed by atoms with van der Waals surface area (Å²) < 4.78 is 11.3. The van der Waals surface area contributed by atoms with E-state index in [0.29, 0.717) is 17.5 Å². The number of hydrogen-bond acceptors (Lipinski definition) is 5. The molecule has 63 heavy (non-hydrogen) atoms. The summed E-state index contributed by atoms with van der Waals surface area (Å²) in [6, 6.07) is 72.7. The SMILES string of the molecule is c1ccc(-c2ccc3c(c2)oc2cc(-c4nc(-c5ccccc5)nc(-c5cccc6sc7ccc(-c8ccc9c(c8)c8ccccc8n9-c8ccccc8)cc7c56)n4)ccc23)cc1. The molecule has 294 valence electrons. The number of furan rings is 1. The summed E-state index contributed by atoms with van der Waals surface area (Å²) in [5, 5.41) is 6.91. The minimum Gasteiger partial charge on any atom is -0.456 e. The fourth-order valence-corrected chi connectivity index (χ4v) is 10.4. The molecule has 0 unspecified atom stereocenters. The van der Waals surface area contributed by atoms with Crippen LogP contribution in [0, 0.1) is 0 Å². The fraction of sp³-hybridized carbons (Fsp3) is 0. The standard InChI is InChI=1S/C57H34N4OS/c1-4-13-35(14-5-1)39-23-27-43-44-28-24-40(34-51(44)62-50(43)33-39)56-58-55(36-15-6-2-7-16-36)59-57(60-56)45-20-12-22-53-54(45)47-32-38(26-30-52(47)63-53)37-25-29-49-46(31-37)42-19-10-11-21-48(42)61(49)41-17-8-3-9-18-41/h1-34H. The largest absolute Gasteiger partial charge is 0.456 e. The lowest BCUT2D eigenvalue weighted by molar-refractivity contribution is 0.669. The van der Waals surface area contributed by atoms with Crippen LogP contribution in [-0.4, -0.2) is 19.5 Å². The van der Waals surface area contributed by atoms with Gasteiger partial charge in [-0.15, -0.1) is 11.3 Å². The third-order valence-electron chi connectivity index (χ3n) is 12.3. The molecule has 0 saturated heterocycles. The van der Waals surface area contributed by atoms with E-state index in [0.717, 1.165) is 66.4 Å². The number of hydrogen-bond donors (Lipinski definition) is 0. The van der Waals surface area contributed by atoms with E-state index in [9.17, 15) is 0 Å². The number of aromatic nitrogens is 4. The van der Waals surface area contributed by atoms with E-state index in [2.05, 4.69) is 187 Å². The van der Waals surface area contributed by atoms with Gasteiger partial charge < -0.3 is 8.98 Å². The van der Waals surface area contributed by atoms with E-state index in [1.165, 1.54) is 42.2 Å². The average molecular weight is 823 g/mol. The summed E-state index contributed by atoms with van der Waals surface area (Å²) in [5.41, 5.74) is 12.5. The average Bonchev–Trinajstić information content (AvgIpc) is 4.03. The smallest absolute Gasteiger partial charge is 0.164 e. The molecule has 0 aliphatic heterocycles. The molecule has 0 atom stereocenters. The Morgan fingerprint density at radius 2 is 0.921 bits per heavy atom. The van der Waals surface area contributed by atoms with Crippen molar-refractivity contribution in [2.45, 2.75) is 0 Å². The zero-order chi connectivity index (χ0) is 41.4. The monoisotopic (exact) mass is 822 g/mol. The molecule has 0 radical (unpaired) electrons.